The van der Waals surface area contributed by atoms with Gasteiger partial charge in [0.2, 0.25) is 0 Å². The number of non-ortho nitro benzene ring substituents is 1. The molecule has 0 unspecified atom stereocenters. The van der Waals surface area contributed by atoms with E-state index in [0.717, 1.165) is 0 Å². The van der Waals surface area contributed by atoms with Crippen molar-refractivity contribution in [1.82, 2.24) is 9.55 Å². The highest BCUT2D eigenvalue weighted by atomic mass is 16.7. The van der Waals surface area contributed by atoms with Crippen molar-refractivity contribution in [2.75, 3.05) is 6.61 Å². The molecule has 1 aliphatic rings. The lowest BCUT2D eigenvalue weighted by Gasteiger charge is -2.17. The topological polar surface area (TPSA) is 96.5 Å². The summed E-state index contributed by atoms with van der Waals surface area (Å²) >= 11 is 0. The summed E-state index contributed by atoms with van der Waals surface area (Å²) in [7, 11) is 0. The molecule has 1 atom stereocenters. The highest BCUT2D eigenvalue weighted by Gasteiger charge is 2.33. The number of ether oxygens (including phenoxy) is 2. The van der Waals surface area contributed by atoms with Crippen LogP contribution in [0.25, 0.3) is 10.9 Å². The molecule has 8 heteroatoms. The van der Waals surface area contributed by atoms with Gasteiger partial charge in [-0.15, -0.1) is 0 Å². The number of aromatic nitrogens is 2. The van der Waals surface area contributed by atoms with Crippen molar-refractivity contribution in [1.29, 1.82) is 0 Å². The van der Waals surface area contributed by atoms with Gasteiger partial charge in [0.15, 0.2) is 5.79 Å². The van der Waals surface area contributed by atoms with E-state index in [1.165, 1.54) is 29.1 Å². The van der Waals surface area contributed by atoms with Crippen LogP contribution in [0.4, 0.5) is 5.69 Å². The van der Waals surface area contributed by atoms with Crippen LogP contribution >= 0.6 is 0 Å². The Kier molecular flexibility index (Phi) is 3.42. The number of nitro groups is 1. The van der Waals surface area contributed by atoms with Crippen LogP contribution in [0.2, 0.25) is 0 Å². The Morgan fingerprint density at radius 2 is 2.27 bits per heavy atom. The lowest BCUT2D eigenvalue weighted by atomic mass is 10.2. The zero-order chi connectivity index (χ0) is 15.9. The molecular formula is C14H15N3O5. The van der Waals surface area contributed by atoms with Crippen LogP contribution in [0.5, 0.6) is 0 Å². The first-order valence-electron chi connectivity index (χ1n) is 6.81. The van der Waals surface area contributed by atoms with Crippen LogP contribution in [0.1, 0.15) is 13.8 Å². The van der Waals surface area contributed by atoms with Gasteiger partial charge in [-0.05, 0) is 19.9 Å². The molecule has 3 rings (SSSR count). The van der Waals surface area contributed by atoms with Gasteiger partial charge in [-0.3, -0.25) is 19.5 Å². The largest absolute Gasteiger partial charge is 0.348 e. The summed E-state index contributed by atoms with van der Waals surface area (Å²) in [5.41, 5.74) is -0.0384. The molecule has 2 aromatic rings. The van der Waals surface area contributed by atoms with Gasteiger partial charge in [-0.2, -0.15) is 0 Å². The minimum absolute atomic E-state index is 0.134. The van der Waals surface area contributed by atoms with E-state index in [4.69, 9.17) is 9.47 Å². The Balaban J connectivity index is 1.96. The molecule has 0 amide bonds. The lowest BCUT2D eigenvalue weighted by Crippen LogP contribution is -2.29. The fourth-order valence-electron chi connectivity index (χ4n) is 2.46. The first-order chi connectivity index (χ1) is 10.4. The molecule has 116 valence electrons. The monoisotopic (exact) mass is 305 g/mol. The number of nitro benzene ring substituents is 1. The Hall–Kier alpha value is -2.32. The Labute approximate surface area is 125 Å². The van der Waals surface area contributed by atoms with E-state index in [-0.39, 0.29) is 29.3 Å². The lowest BCUT2D eigenvalue weighted by molar-refractivity contribution is -0.384. The number of hydrogen-bond donors (Lipinski definition) is 0. The molecule has 1 saturated heterocycles. The van der Waals surface area contributed by atoms with Crippen LogP contribution in [0, 0.1) is 10.1 Å². The molecule has 0 aliphatic carbocycles. The minimum atomic E-state index is -0.669. The quantitative estimate of drug-likeness (QED) is 0.629. The second kappa shape index (κ2) is 5.15. The molecule has 0 N–H and O–H groups in total. The van der Waals surface area contributed by atoms with Gasteiger partial charge in [0.05, 0.1) is 35.3 Å². The second-order valence-electron chi connectivity index (χ2n) is 5.61. The predicted octanol–water partition coefficient (Wildman–Crippen LogP) is 1.46. The molecule has 1 fully saturated rings. The molecule has 0 radical (unpaired) electrons. The summed E-state index contributed by atoms with van der Waals surface area (Å²) < 4.78 is 12.5. The Morgan fingerprint density at radius 1 is 1.50 bits per heavy atom. The van der Waals surface area contributed by atoms with Crippen LogP contribution in [0.3, 0.4) is 0 Å². The van der Waals surface area contributed by atoms with Crippen molar-refractivity contribution in [3.63, 3.8) is 0 Å². The van der Waals surface area contributed by atoms with Crippen molar-refractivity contribution in [3.8, 4) is 0 Å². The van der Waals surface area contributed by atoms with Gasteiger partial charge in [-0.1, -0.05) is 0 Å². The number of hydrogen-bond acceptors (Lipinski definition) is 6. The van der Waals surface area contributed by atoms with E-state index in [1.807, 2.05) is 0 Å². The Morgan fingerprint density at radius 3 is 2.91 bits per heavy atom. The average Bonchev–Trinajstić information content (AvgIpc) is 2.81. The number of rotatable bonds is 3. The van der Waals surface area contributed by atoms with Crippen molar-refractivity contribution >= 4 is 16.6 Å². The van der Waals surface area contributed by atoms with E-state index >= 15 is 0 Å². The highest BCUT2D eigenvalue weighted by Crippen LogP contribution is 2.23. The van der Waals surface area contributed by atoms with Gasteiger partial charge in [0.25, 0.3) is 11.2 Å². The maximum atomic E-state index is 12.5. The number of fused-ring (bicyclic) bond motifs is 1. The molecule has 22 heavy (non-hydrogen) atoms. The third kappa shape index (κ3) is 2.70. The van der Waals surface area contributed by atoms with Crippen molar-refractivity contribution in [2.24, 2.45) is 0 Å². The Bertz CT molecular complexity index is 799. The molecular weight excluding hydrogens is 290 g/mol. The maximum absolute atomic E-state index is 12.5. The molecule has 8 nitrogen and oxygen atoms in total. The van der Waals surface area contributed by atoms with Crippen molar-refractivity contribution in [2.45, 2.75) is 32.3 Å². The first-order valence-corrected chi connectivity index (χ1v) is 6.81. The molecule has 0 spiro atoms. The summed E-state index contributed by atoms with van der Waals surface area (Å²) in [5, 5.41) is 11.0. The molecule has 0 bridgehead atoms. The van der Waals surface area contributed by atoms with E-state index in [9.17, 15) is 14.9 Å². The maximum Gasteiger partial charge on any atom is 0.270 e. The fraction of sp³-hybridized carbons (Fsp3) is 0.429. The van der Waals surface area contributed by atoms with Gasteiger partial charge in [0.1, 0.15) is 6.10 Å². The summed E-state index contributed by atoms with van der Waals surface area (Å²) in [6.07, 6.45) is 1.16. The number of benzene rings is 1. The molecule has 1 aromatic heterocycles. The SMILES string of the molecule is CC1(C)OC[C@H](Cn2cnc3ccc([N+](=O)[O-])cc3c2=O)O1. The van der Waals surface area contributed by atoms with E-state index < -0.39 is 10.7 Å². The van der Waals surface area contributed by atoms with E-state index in [2.05, 4.69) is 4.98 Å². The molecule has 1 aliphatic heterocycles. The van der Waals surface area contributed by atoms with Crippen LogP contribution < -0.4 is 5.56 Å². The molecule has 0 saturated carbocycles. The zero-order valence-corrected chi connectivity index (χ0v) is 12.2. The minimum Gasteiger partial charge on any atom is -0.348 e. The predicted molar refractivity (Wildman–Crippen MR) is 77.6 cm³/mol. The molecule has 2 heterocycles. The third-order valence-corrected chi connectivity index (χ3v) is 3.49. The van der Waals surface area contributed by atoms with Gasteiger partial charge < -0.3 is 9.47 Å². The average molecular weight is 305 g/mol. The van der Waals surface area contributed by atoms with Gasteiger partial charge >= 0.3 is 0 Å². The normalized spacial score (nSPS) is 20.4. The van der Waals surface area contributed by atoms with E-state index in [0.29, 0.717) is 12.1 Å². The van der Waals surface area contributed by atoms with Gasteiger partial charge in [-0.25, -0.2) is 4.98 Å². The van der Waals surface area contributed by atoms with Crippen molar-refractivity contribution in [3.05, 3.63) is 45.0 Å². The first kappa shape index (κ1) is 14.6. The third-order valence-electron chi connectivity index (χ3n) is 3.49. The van der Waals surface area contributed by atoms with Crippen LogP contribution in [0.15, 0.2) is 29.3 Å². The second-order valence-corrected chi connectivity index (χ2v) is 5.61. The summed E-state index contributed by atoms with van der Waals surface area (Å²) in [4.78, 5) is 26.9. The zero-order valence-electron chi connectivity index (χ0n) is 12.2. The number of nitrogens with zero attached hydrogens (tertiary/aromatic N) is 3. The summed E-state index contributed by atoms with van der Waals surface area (Å²) in [6, 6.07) is 4.05. The molecule has 1 aromatic carbocycles. The van der Waals surface area contributed by atoms with Gasteiger partial charge in [0, 0.05) is 12.1 Å². The summed E-state index contributed by atoms with van der Waals surface area (Å²) in [5.74, 6) is -0.669. The highest BCUT2D eigenvalue weighted by molar-refractivity contribution is 5.79. The van der Waals surface area contributed by atoms with Crippen molar-refractivity contribution < 1.29 is 14.4 Å². The van der Waals surface area contributed by atoms with E-state index in [1.54, 1.807) is 13.8 Å². The smallest absolute Gasteiger partial charge is 0.270 e. The van der Waals surface area contributed by atoms with Crippen LogP contribution in [-0.4, -0.2) is 33.0 Å². The standard InChI is InChI=1S/C14H15N3O5/c1-14(2)21-7-10(22-14)6-16-8-15-12-4-3-9(17(19)20)5-11(12)13(16)18/h3-5,8,10H,6-7H2,1-2H3/t10-/m0/s1. The fourth-order valence-corrected chi connectivity index (χ4v) is 2.46. The summed E-state index contributed by atoms with van der Waals surface area (Å²) in [6.45, 7) is 4.27. The van der Waals surface area contributed by atoms with Crippen LogP contribution in [-0.2, 0) is 16.0 Å².